The Morgan fingerprint density at radius 1 is 1.26 bits per heavy atom. The number of hydrogen-bond acceptors (Lipinski definition) is 2. The first kappa shape index (κ1) is 15.4. The molecule has 1 aromatic carbocycles. The molecule has 0 aliphatic carbocycles. The van der Waals surface area contributed by atoms with Gasteiger partial charge in [-0.2, -0.15) is 0 Å². The van der Waals surface area contributed by atoms with E-state index in [1.807, 2.05) is 0 Å². The van der Waals surface area contributed by atoms with Gasteiger partial charge in [-0.05, 0) is 28.1 Å². The minimum absolute atomic E-state index is 0.311. The highest BCUT2D eigenvalue weighted by atomic mass is 79.9. The summed E-state index contributed by atoms with van der Waals surface area (Å²) in [6.07, 6.45) is 0. The van der Waals surface area contributed by atoms with Crippen LogP contribution < -0.4 is 4.74 Å². The number of thiophene rings is 1. The lowest BCUT2D eigenvalue weighted by atomic mass is 10.1. The lowest BCUT2D eigenvalue weighted by Crippen LogP contribution is -1.98. The Labute approximate surface area is 137 Å². The summed E-state index contributed by atoms with van der Waals surface area (Å²) >= 11 is 22.7. The van der Waals surface area contributed by atoms with Crippen LogP contribution in [0.5, 0.6) is 5.75 Å². The average Bonchev–Trinajstić information content (AvgIpc) is 2.70. The van der Waals surface area contributed by atoms with E-state index in [0.29, 0.717) is 30.0 Å². The van der Waals surface area contributed by atoms with Gasteiger partial charge in [0.25, 0.3) is 0 Å². The highest BCUT2D eigenvalue weighted by molar-refractivity contribution is 9.10. The Hall–Kier alpha value is -0.000000000000000278. The number of methoxy groups -OCH3 is 1. The first-order valence-corrected chi connectivity index (χ1v) is 7.86. The van der Waals surface area contributed by atoms with E-state index >= 15 is 0 Å². The smallest absolute Gasteiger partial charge is 0.141 e. The molecule has 0 N–H and O–H groups in total. The van der Waals surface area contributed by atoms with E-state index in [4.69, 9.17) is 39.5 Å². The second kappa shape index (κ2) is 6.19. The van der Waals surface area contributed by atoms with Crippen LogP contribution in [-0.2, 0) is 0 Å². The van der Waals surface area contributed by atoms with Crippen LogP contribution >= 0.6 is 62.1 Å². The molecule has 0 saturated carbocycles. The number of rotatable bonds is 3. The molecule has 1 atom stereocenters. The van der Waals surface area contributed by atoms with Gasteiger partial charge in [-0.1, -0.05) is 23.2 Å². The van der Waals surface area contributed by atoms with Gasteiger partial charge in [-0.25, -0.2) is 4.39 Å². The third-order valence-electron chi connectivity index (χ3n) is 2.50. The van der Waals surface area contributed by atoms with Crippen LogP contribution in [0.4, 0.5) is 4.39 Å². The molecule has 0 amide bonds. The van der Waals surface area contributed by atoms with E-state index in [1.54, 1.807) is 12.1 Å². The zero-order valence-corrected chi connectivity index (χ0v) is 14.2. The van der Waals surface area contributed by atoms with Crippen molar-refractivity contribution in [2.75, 3.05) is 7.11 Å². The van der Waals surface area contributed by atoms with Crippen LogP contribution in [0.1, 0.15) is 16.5 Å². The van der Waals surface area contributed by atoms with E-state index in [2.05, 4.69) is 15.9 Å². The molecule has 1 heterocycles. The van der Waals surface area contributed by atoms with Crippen molar-refractivity contribution in [3.63, 3.8) is 0 Å². The predicted octanol–water partition coefficient (Wildman–Crippen LogP) is 6.29. The molecule has 0 saturated heterocycles. The Balaban J connectivity index is 2.52. The lowest BCUT2D eigenvalue weighted by molar-refractivity contribution is 0.406. The summed E-state index contributed by atoms with van der Waals surface area (Å²) in [6, 6.07) is 4.55. The van der Waals surface area contributed by atoms with Gasteiger partial charge in [0.05, 0.1) is 25.6 Å². The third kappa shape index (κ3) is 3.19. The molecule has 0 spiro atoms. The first-order chi connectivity index (χ1) is 8.93. The molecule has 19 heavy (non-hydrogen) atoms. The fraction of sp³-hybridized carbons (Fsp3) is 0.167. The van der Waals surface area contributed by atoms with Crippen molar-refractivity contribution >= 4 is 62.1 Å². The van der Waals surface area contributed by atoms with Gasteiger partial charge in [0.2, 0.25) is 0 Å². The number of benzene rings is 1. The van der Waals surface area contributed by atoms with Crippen molar-refractivity contribution in [1.29, 1.82) is 0 Å². The zero-order chi connectivity index (χ0) is 14.2. The van der Waals surface area contributed by atoms with Gasteiger partial charge in [-0.3, -0.25) is 0 Å². The summed E-state index contributed by atoms with van der Waals surface area (Å²) < 4.78 is 20.0. The molecular formula is C12H7BrCl3FOS. The largest absolute Gasteiger partial charge is 0.496 e. The summed E-state index contributed by atoms with van der Waals surface area (Å²) in [5, 5.41) is -0.567. The molecule has 0 bridgehead atoms. The highest BCUT2D eigenvalue weighted by Gasteiger charge is 2.22. The van der Waals surface area contributed by atoms with E-state index in [-0.39, 0.29) is 0 Å². The topological polar surface area (TPSA) is 9.23 Å². The number of halogens is 5. The van der Waals surface area contributed by atoms with Crippen LogP contribution in [0.2, 0.25) is 8.67 Å². The number of ether oxygens (including phenoxy) is 1. The van der Waals surface area contributed by atoms with Crippen LogP contribution in [0.15, 0.2) is 22.7 Å². The lowest BCUT2D eigenvalue weighted by Gasteiger charge is -2.14. The maximum Gasteiger partial charge on any atom is 0.141 e. The maximum atomic E-state index is 13.5. The van der Waals surface area contributed by atoms with Crippen molar-refractivity contribution in [3.05, 3.63) is 48.3 Å². The Bertz CT molecular complexity index is 617. The van der Waals surface area contributed by atoms with Crippen LogP contribution in [0, 0.1) is 5.82 Å². The van der Waals surface area contributed by atoms with Gasteiger partial charge in [0.1, 0.15) is 11.6 Å². The van der Waals surface area contributed by atoms with Crippen molar-refractivity contribution in [3.8, 4) is 5.75 Å². The van der Waals surface area contributed by atoms with Gasteiger partial charge in [0.15, 0.2) is 0 Å². The minimum Gasteiger partial charge on any atom is -0.496 e. The molecule has 1 aromatic heterocycles. The molecule has 2 aromatic rings. The molecule has 0 aliphatic heterocycles. The van der Waals surface area contributed by atoms with Crippen LogP contribution in [0.25, 0.3) is 0 Å². The van der Waals surface area contributed by atoms with Gasteiger partial charge >= 0.3 is 0 Å². The molecule has 2 rings (SSSR count). The molecule has 0 aliphatic rings. The van der Waals surface area contributed by atoms with Gasteiger partial charge < -0.3 is 4.74 Å². The second-order valence-corrected chi connectivity index (χ2v) is 7.23. The van der Waals surface area contributed by atoms with Gasteiger partial charge in [0, 0.05) is 17.2 Å². The minimum atomic E-state index is -0.567. The van der Waals surface area contributed by atoms with Crippen LogP contribution in [-0.4, -0.2) is 7.11 Å². The van der Waals surface area contributed by atoms with Crippen molar-refractivity contribution in [1.82, 2.24) is 0 Å². The molecule has 0 radical (unpaired) electrons. The first-order valence-electron chi connectivity index (χ1n) is 5.05. The zero-order valence-electron chi connectivity index (χ0n) is 9.52. The van der Waals surface area contributed by atoms with E-state index in [0.717, 1.165) is 0 Å². The standard InChI is InChI=1S/C12H7BrCl3FOS/c1-18-9-4-8(17)7(13)2-5(9)11(15)6-3-10(14)19-12(6)16/h2-4,11H,1H3. The Morgan fingerprint density at radius 2 is 1.95 bits per heavy atom. The van der Waals surface area contributed by atoms with Gasteiger partial charge in [-0.15, -0.1) is 22.9 Å². The fourth-order valence-corrected chi connectivity index (χ4v) is 3.97. The molecule has 7 heteroatoms. The Morgan fingerprint density at radius 3 is 2.47 bits per heavy atom. The molecular weight excluding hydrogens is 397 g/mol. The number of alkyl halides is 1. The summed E-state index contributed by atoms with van der Waals surface area (Å²) in [7, 11) is 1.46. The number of hydrogen-bond donors (Lipinski definition) is 0. The Kier molecular flexibility index (Phi) is 5.01. The molecule has 1 unspecified atom stereocenters. The van der Waals surface area contributed by atoms with E-state index in [9.17, 15) is 4.39 Å². The third-order valence-corrected chi connectivity index (χ3v) is 5.10. The fourth-order valence-electron chi connectivity index (χ4n) is 1.61. The van der Waals surface area contributed by atoms with Crippen molar-refractivity contribution in [2.45, 2.75) is 5.38 Å². The van der Waals surface area contributed by atoms with Crippen molar-refractivity contribution in [2.24, 2.45) is 0 Å². The second-order valence-electron chi connectivity index (χ2n) is 3.65. The van der Waals surface area contributed by atoms with E-state index < -0.39 is 11.2 Å². The highest BCUT2D eigenvalue weighted by Crippen LogP contribution is 2.44. The van der Waals surface area contributed by atoms with Crippen LogP contribution in [0.3, 0.4) is 0 Å². The molecule has 0 fully saturated rings. The normalized spacial score (nSPS) is 12.5. The molecule has 102 valence electrons. The summed E-state index contributed by atoms with van der Waals surface area (Å²) in [6.45, 7) is 0. The monoisotopic (exact) mass is 402 g/mol. The molecule has 1 nitrogen and oxygen atoms in total. The maximum absolute atomic E-state index is 13.5. The predicted molar refractivity (Wildman–Crippen MR) is 82.7 cm³/mol. The summed E-state index contributed by atoms with van der Waals surface area (Å²) in [5.74, 6) is -0.0574. The SMILES string of the molecule is COc1cc(F)c(Br)cc1C(Cl)c1cc(Cl)sc1Cl. The average molecular weight is 405 g/mol. The summed E-state index contributed by atoms with van der Waals surface area (Å²) in [5.41, 5.74) is 1.30. The van der Waals surface area contributed by atoms with E-state index in [1.165, 1.54) is 24.5 Å². The van der Waals surface area contributed by atoms with Crippen molar-refractivity contribution < 1.29 is 9.13 Å². The summed E-state index contributed by atoms with van der Waals surface area (Å²) in [4.78, 5) is 0. The quantitative estimate of drug-likeness (QED) is 0.546.